The molecule has 0 atom stereocenters. The molecule has 0 spiro atoms. The summed E-state index contributed by atoms with van der Waals surface area (Å²) in [6, 6.07) is 4.34. The van der Waals surface area contributed by atoms with Gasteiger partial charge in [0.05, 0.1) is 21.7 Å². The first-order valence-corrected chi connectivity index (χ1v) is 11.7. The van der Waals surface area contributed by atoms with Gasteiger partial charge >= 0.3 is 0 Å². The number of hydrogen-bond acceptors (Lipinski definition) is 7. The lowest BCUT2D eigenvalue weighted by molar-refractivity contribution is -0.384. The highest BCUT2D eigenvalue weighted by Gasteiger charge is 2.18. The van der Waals surface area contributed by atoms with Gasteiger partial charge in [-0.1, -0.05) is 31.2 Å². The molecule has 8 nitrogen and oxygen atoms in total. The van der Waals surface area contributed by atoms with Gasteiger partial charge in [0.25, 0.3) is 11.2 Å². The molecule has 0 aliphatic heterocycles. The maximum atomic E-state index is 13.1. The molecule has 0 unspecified atom stereocenters. The predicted octanol–water partition coefficient (Wildman–Crippen LogP) is 4.82. The molecule has 0 saturated carbocycles. The Bertz CT molecular complexity index is 1220. The SMILES string of the molecule is CCCCn1c(SCC(=O)Nc2cc([N+](=O)[O-])ccc2C)nc2sc(C)c(C)c2c1=O. The van der Waals surface area contributed by atoms with Crippen LogP contribution in [0.1, 0.15) is 35.8 Å². The van der Waals surface area contributed by atoms with Crippen LogP contribution in [0.5, 0.6) is 0 Å². The fourth-order valence-corrected chi connectivity index (χ4v) is 5.00. The van der Waals surface area contributed by atoms with Crippen molar-refractivity contribution in [2.75, 3.05) is 11.1 Å². The van der Waals surface area contributed by atoms with Crippen molar-refractivity contribution in [3.8, 4) is 0 Å². The maximum absolute atomic E-state index is 13.1. The Morgan fingerprint density at radius 1 is 1.32 bits per heavy atom. The second kappa shape index (κ2) is 9.61. The molecule has 3 aromatic rings. The third kappa shape index (κ3) is 4.96. The molecule has 1 N–H and O–H groups in total. The molecule has 0 bridgehead atoms. The molecule has 0 aliphatic carbocycles. The van der Waals surface area contributed by atoms with Crippen LogP contribution >= 0.6 is 23.1 Å². The first-order chi connectivity index (χ1) is 14.7. The lowest BCUT2D eigenvalue weighted by atomic mass is 10.2. The second-order valence-electron chi connectivity index (χ2n) is 7.26. The van der Waals surface area contributed by atoms with Crippen LogP contribution in [0.3, 0.4) is 0 Å². The van der Waals surface area contributed by atoms with E-state index in [0.29, 0.717) is 27.6 Å². The van der Waals surface area contributed by atoms with Crippen molar-refractivity contribution in [2.45, 2.75) is 52.2 Å². The number of fused-ring (bicyclic) bond motifs is 1. The van der Waals surface area contributed by atoms with Gasteiger partial charge in [0.15, 0.2) is 5.16 Å². The number of benzene rings is 1. The van der Waals surface area contributed by atoms with Gasteiger partial charge in [-0.05, 0) is 38.3 Å². The summed E-state index contributed by atoms with van der Waals surface area (Å²) in [6.07, 6.45) is 1.77. The molecule has 0 aliphatic rings. The Labute approximate surface area is 187 Å². The molecule has 2 aromatic heterocycles. The smallest absolute Gasteiger partial charge is 0.271 e. The third-order valence-corrected chi connectivity index (χ3v) is 7.11. The average Bonchev–Trinajstić information content (AvgIpc) is 3.01. The van der Waals surface area contributed by atoms with Crippen molar-refractivity contribution >= 4 is 50.6 Å². The number of anilines is 1. The van der Waals surface area contributed by atoms with Gasteiger partial charge < -0.3 is 5.32 Å². The number of non-ortho nitro benzene ring substituents is 1. The van der Waals surface area contributed by atoms with E-state index in [4.69, 9.17) is 0 Å². The Morgan fingerprint density at radius 2 is 2.06 bits per heavy atom. The monoisotopic (exact) mass is 460 g/mol. The quantitative estimate of drug-likeness (QED) is 0.223. The first kappa shape index (κ1) is 23.0. The zero-order chi connectivity index (χ0) is 22.7. The van der Waals surface area contributed by atoms with E-state index in [1.54, 1.807) is 17.6 Å². The fourth-order valence-electron chi connectivity index (χ4n) is 3.11. The molecule has 3 rings (SSSR count). The number of nitro benzene ring substituents is 1. The van der Waals surface area contributed by atoms with Gasteiger partial charge in [0.2, 0.25) is 5.91 Å². The Hall–Kier alpha value is -2.72. The molecule has 1 aromatic carbocycles. The highest BCUT2D eigenvalue weighted by Crippen LogP contribution is 2.29. The number of nitro groups is 1. The van der Waals surface area contributed by atoms with Crippen LogP contribution in [-0.2, 0) is 11.3 Å². The van der Waals surface area contributed by atoms with E-state index >= 15 is 0 Å². The number of aryl methyl sites for hydroxylation is 3. The van der Waals surface area contributed by atoms with E-state index in [0.717, 1.165) is 28.8 Å². The van der Waals surface area contributed by atoms with E-state index in [-0.39, 0.29) is 22.9 Å². The zero-order valence-electron chi connectivity index (χ0n) is 17.9. The number of amides is 1. The Balaban J connectivity index is 1.84. The highest BCUT2D eigenvalue weighted by atomic mass is 32.2. The molecule has 0 saturated heterocycles. The number of thiophene rings is 1. The molecule has 164 valence electrons. The van der Waals surface area contributed by atoms with Crippen molar-refractivity contribution < 1.29 is 9.72 Å². The van der Waals surface area contributed by atoms with Gasteiger partial charge in [0, 0.05) is 23.6 Å². The number of hydrogen-bond donors (Lipinski definition) is 1. The minimum atomic E-state index is -0.500. The van der Waals surface area contributed by atoms with E-state index in [2.05, 4.69) is 17.2 Å². The maximum Gasteiger partial charge on any atom is 0.271 e. The van der Waals surface area contributed by atoms with Crippen LogP contribution in [0.2, 0.25) is 0 Å². The minimum Gasteiger partial charge on any atom is -0.325 e. The minimum absolute atomic E-state index is 0.0372. The van der Waals surface area contributed by atoms with Crippen LogP contribution < -0.4 is 10.9 Å². The van der Waals surface area contributed by atoms with Gasteiger partial charge in [0.1, 0.15) is 4.83 Å². The van der Waals surface area contributed by atoms with E-state index in [9.17, 15) is 19.7 Å². The summed E-state index contributed by atoms with van der Waals surface area (Å²) in [5, 5.41) is 14.9. The standard InChI is InChI=1S/C21H24N4O4S2/c1-5-6-9-24-20(27)18-13(3)14(4)31-19(18)23-21(24)30-11-17(26)22-16-10-15(25(28)29)8-7-12(16)2/h7-8,10H,5-6,9,11H2,1-4H3,(H,22,26). The lowest BCUT2D eigenvalue weighted by Gasteiger charge is -2.12. The van der Waals surface area contributed by atoms with Crippen molar-refractivity contribution in [1.82, 2.24) is 9.55 Å². The number of thioether (sulfide) groups is 1. The van der Waals surface area contributed by atoms with Gasteiger partial charge in [-0.3, -0.25) is 24.3 Å². The van der Waals surface area contributed by atoms with Gasteiger partial charge in [-0.15, -0.1) is 11.3 Å². The normalized spacial score (nSPS) is 11.1. The van der Waals surface area contributed by atoms with Crippen molar-refractivity contribution in [1.29, 1.82) is 0 Å². The van der Waals surface area contributed by atoms with E-state index < -0.39 is 4.92 Å². The number of aromatic nitrogens is 2. The summed E-state index contributed by atoms with van der Waals surface area (Å²) in [4.78, 5) is 42.6. The average molecular weight is 461 g/mol. The Morgan fingerprint density at radius 3 is 2.74 bits per heavy atom. The van der Waals surface area contributed by atoms with E-state index in [1.807, 2.05) is 13.8 Å². The summed E-state index contributed by atoms with van der Waals surface area (Å²) in [6.45, 7) is 8.27. The summed E-state index contributed by atoms with van der Waals surface area (Å²) < 4.78 is 1.65. The predicted molar refractivity (Wildman–Crippen MR) is 125 cm³/mol. The Kier molecular flexibility index (Phi) is 7.11. The van der Waals surface area contributed by atoms with Crippen molar-refractivity contribution in [2.24, 2.45) is 0 Å². The van der Waals surface area contributed by atoms with Crippen LogP contribution in [-0.4, -0.2) is 26.1 Å². The first-order valence-electron chi connectivity index (χ1n) is 9.91. The third-order valence-electron chi connectivity index (χ3n) is 5.03. The van der Waals surface area contributed by atoms with Gasteiger partial charge in [-0.2, -0.15) is 0 Å². The number of rotatable bonds is 8. The second-order valence-corrected chi connectivity index (χ2v) is 9.41. The summed E-state index contributed by atoms with van der Waals surface area (Å²) >= 11 is 2.68. The molecular formula is C21H24N4O4S2. The molecule has 10 heteroatoms. The summed E-state index contributed by atoms with van der Waals surface area (Å²) in [5.74, 6) is -0.279. The number of unbranched alkanes of at least 4 members (excludes halogenated alkanes) is 1. The van der Waals surface area contributed by atoms with Gasteiger partial charge in [-0.25, -0.2) is 4.98 Å². The molecular weight excluding hydrogens is 436 g/mol. The molecule has 31 heavy (non-hydrogen) atoms. The molecule has 1 amide bonds. The van der Waals surface area contributed by atoms with Crippen LogP contribution in [0.25, 0.3) is 10.2 Å². The molecule has 0 fully saturated rings. The van der Waals surface area contributed by atoms with Crippen LogP contribution in [0.15, 0.2) is 28.2 Å². The molecule has 2 heterocycles. The number of carbonyl (C=O) groups is 1. The topological polar surface area (TPSA) is 107 Å². The number of nitrogens with zero attached hydrogens (tertiary/aromatic N) is 3. The van der Waals surface area contributed by atoms with E-state index in [1.165, 1.54) is 35.2 Å². The fraction of sp³-hybridized carbons (Fsp3) is 0.381. The summed E-state index contributed by atoms with van der Waals surface area (Å²) in [7, 11) is 0. The number of carbonyl (C=O) groups excluding carboxylic acids is 1. The molecule has 0 radical (unpaired) electrons. The van der Waals surface area contributed by atoms with Crippen molar-refractivity contribution in [3.05, 3.63) is 54.7 Å². The highest BCUT2D eigenvalue weighted by molar-refractivity contribution is 7.99. The lowest BCUT2D eigenvalue weighted by Crippen LogP contribution is -2.24. The number of nitrogens with one attached hydrogen (secondary N) is 1. The zero-order valence-corrected chi connectivity index (χ0v) is 19.5. The van der Waals surface area contributed by atoms with Crippen molar-refractivity contribution in [3.63, 3.8) is 0 Å². The van der Waals surface area contributed by atoms with Crippen LogP contribution in [0, 0.1) is 30.9 Å². The largest absolute Gasteiger partial charge is 0.325 e. The van der Waals surface area contributed by atoms with Crippen LogP contribution in [0.4, 0.5) is 11.4 Å². The summed E-state index contributed by atoms with van der Waals surface area (Å²) in [5.41, 5.74) is 1.93.